The van der Waals surface area contributed by atoms with Gasteiger partial charge in [0.05, 0.1) is 0 Å². The molecule has 0 aliphatic rings. The van der Waals surface area contributed by atoms with Crippen molar-refractivity contribution in [2.24, 2.45) is 4.99 Å². The van der Waals surface area contributed by atoms with Crippen molar-refractivity contribution in [3.05, 3.63) is 40.9 Å². The Labute approximate surface area is 77.4 Å². The van der Waals surface area contributed by atoms with Gasteiger partial charge in [-0.15, -0.1) is 0 Å². The van der Waals surface area contributed by atoms with Crippen molar-refractivity contribution < 1.29 is 0 Å². The molecule has 0 fully saturated rings. The lowest BCUT2D eigenvalue weighted by Gasteiger charge is -1.99. The van der Waals surface area contributed by atoms with Crippen molar-refractivity contribution in [3.63, 3.8) is 0 Å². The maximum atomic E-state index is 5.81. The third kappa shape index (κ3) is 1.95. The molecule has 0 saturated heterocycles. The number of benzene rings is 1. The van der Waals surface area contributed by atoms with Gasteiger partial charge in [-0.25, -0.2) is 0 Å². The first-order valence-corrected chi connectivity index (χ1v) is 4.00. The highest BCUT2D eigenvalue weighted by Gasteiger charge is 1.96. The average molecular weight is 180 g/mol. The lowest BCUT2D eigenvalue weighted by molar-refractivity contribution is 1.46. The van der Waals surface area contributed by atoms with E-state index in [-0.39, 0.29) is 0 Å². The van der Waals surface area contributed by atoms with Gasteiger partial charge in [-0.2, -0.15) is 0 Å². The quantitative estimate of drug-likeness (QED) is 0.619. The molecule has 2 heteroatoms. The minimum Gasteiger partial charge on any atom is -0.296 e. The predicted octanol–water partition coefficient (Wildman–Crippen LogP) is 3.03. The van der Waals surface area contributed by atoms with Crippen LogP contribution in [-0.2, 0) is 0 Å². The highest BCUT2D eigenvalue weighted by Crippen LogP contribution is 2.15. The topological polar surface area (TPSA) is 12.4 Å². The molecule has 1 aromatic rings. The smallest absolute Gasteiger partial charge is 0.0412 e. The Morgan fingerprint density at radius 3 is 2.75 bits per heavy atom. The first-order valence-electron chi connectivity index (χ1n) is 3.62. The van der Waals surface area contributed by atoms with E-state index in [1.807, 2.05) is 18.2 Å². The molecule has 62 valence electrons. The molecular formula is C10H10ClN. The van der Waals surface area contributed by atoms with E-state index in [4.69, 9.17) is 11.6 Å². The lowest BCUT2D eigenvalue weighted by atomic mass is 10.1. The predicted molar refractivity (Wildman–Crippen MR) is 55.1 cm³/mol. The zero-order valence-corrected chi connectivity index (χ0v) is 7.67. The summed E-state index contributed by atoms with van der Waals surface area (Å²) >= 11 is 5.81. The summed E-state index contributed by atoms with van der Waals surface area (Å²) in [5.41, 5.74) is 2.05. The highest BCUT2D eigenvalue weighted by molar-refractivity contribution is 6.30. The second-order valence-electron chi connectivity index (χ2n) is 2.36. The van der Waals surface area contributed by atoms with Gasteiger partial charge in [0.15, 0.2) is 0 Å². The van der Waals surface area contributed by atoms with Gasteiger partial charge in [-0.05, 0) is 17.7 Å². The molecule has 0 atom stereocenters. The number of nitrogens with zero attached hydrogens (tertiary/aromatic N) is 1. The molecule has 12 heavy (non-hydrogen) atoms. The Bertz CT molecular complexity index is 316. The summed E-state index contributed by atoms with van der Waals surface area (Å²) in [5.74, 6) is 0. The van der Waals surface area contributed by atoms with Crippen molar-refractivity contribution in [1.82, 2.24) is 0 Å². The van der Waals surface area contributed by atoms with Gasteiger partial charge in [0.1, 0.15) is 0 Å². The minimum absolute atomic E-state index is 0.718. The van der Waals surface area contributed by atoms with Gasteiger partial charge < -0.3 is 0 Å². The summed E-state index contributed by atoms with van der Waals surface area (Å²) in [5, 5.41) is 0.718. The van der Waals surface area contributed by atoms with E-state index in [1.165, 1.54) is 0 Å². The molecule has 0 amide bonds. The molecule has 0 heterocycles. The second-order valence-corrected chi connectivity index (χ2v) is 2.80. The van der Waals surface area contributed by atoms with Crippen molar-refractivity contribution in [3.8, 4) is 0 Å². The van der Waals surface area contributed by atoms with Crippen LogP contribution in [0.4, 0.5) is 0 Å². The average Bonchev–Trinajstić information content (AvgIpc) is 2.05. The van der Waals surface area contributed by atoms with Gasteiger partial charge in [0.2, 0.25) is 0 Å². The second kappa shape index (κ2) is 4.07. The zero-order chi connectivity index (χ0) is 8.97. The number of halogens is 1. The molecule has 0 aliphatic heterocycles. The van der Waals surface area contributed by atoms with Crippen molar-refractivity contribution in [2.45, 2.75) is 0 Å². The van der Waals surface area contributed by atoms with E-state index in [2.05, 4.69) is 11.6 Å². The third-order valence-electron chi connectivity index (χ3n) is 1.54. The fourth-order valence-corrected chi connectivity index (χ4v) is 1.16. The first-order chi connectivity index (χ1) is 5.77. The van der Waals surface area contributed by atoms with Gasteiger partial charge in [0, 0.05) is 23.8 Å². The van der Waals surface area contributed by atoms with Crippen LogP contribution in [0.5, 0.6) is 0 Å². The lowest BCUT2D eigenvalue weighted by Crippen LogP contribution is -1.85. The fraction of sp³-hybridized carbons (Fsp3) is 0.100. The van der Waals surface area contributed by atoms with Gasteiger partial charge >= 0.3 is 0 Å². The van der Waals surface area contributed by atoms with Gasteiger partial charge in [-0.3, -0.25) is 4.99 Å². The fourth-order valence-electron chi connectivity index (χ4n) is 0.982. The Kier molecular flexibility index (Phi) is 3.06. The molecule has 0 radical (unpaired) electrons. The summed E-state index contributed by atoms with van der Waals surface area (Å²) < 4.78 is 0. The number of aliphatic imine (C=N–C) groups is 1. The van der Waals surface area contributed by atoms with Gasteiger partial charge in [-0.1, -0.05) is 30.3 Å². The van der Waals surface area contributed by atoms with Crippen molar-refractivity contribution in [1.29, 1.82) is 0 Å². The van der Waals surface area contributed by atoms with Gasteiger partial charge in [0.25, 0.3) is 0 Å². The first kappa shape index (κ1) is 9.01. The Hall–Kier alpha value is -1.08. The molecule has 0 unspecified atom stereocenters. The third-order valence-corrected chi connectivity index (χ3v) is 1.77. The number of hydrogen-bond donors (Lipinski definition) is 0. The standard InChI is InChI=1S/C10H10ClN/c1-3-8-4-5-10(11)6-9(8)7-12-2/h3-7H,1H2,2H3/b12-7+. The number of hydrogen-bond acceptors (Lipinski definition) is 1. The normalized spacial score (nSPS) is 10.5. The van der Waals surface area contributed by atoms with Crippen LogP contribution in [0.3, 0.4) is 0 Å². The monoisotopic (exact) mass is 179 g/mol. The highest BCUT2D eigenvalue weighted by atomic mass is 35.5. The Morgan fingerprint density at radius 2 is 2.17 bits per heavy atom. The molecule has 0 aromatic heterocycles. The van der Waals surface area contributed by atoms with E-state index in [1.54, 1.807) is 19.3 Å². The molecule has 1 aromatic carbocycles. The Balaban J connectivity index is 3.20. The van der Waals surface area contributed by atoms with Crippen LogP contribution < -0.4 is 0 Å². The van der Waals surface area contributed by atoms with Crippen LogP contribution in [0.2, 0.25) is 5.02 Å². The van der Waals surface area contributed by atoms with Crippen molar-refractivity contribution in [2.75, 3.05) is 7.05 Å². The molecule has 0 saturated carbocycles. The van der Waals surface area contributed by atoms with Crippen LogP contribution in [0.25, 0.3) is 6.08 Å². The molecule has 0 bridgehead atoms. The Morgan fingerprint density at radius 1 is 1.42 bits per heavy atom. The largest absolute Gasteiger partial charge is 0.296 e. The van der Waals surface area contributed by atoms with Crippen LogP contribution in [0, 0.1) is 0 Å². The van der Waals surface area contributed by atoms with E-state index in [0.717, 1.165) is 16.1 Å². The van der Waals surface area contributed by atoms with Crippen LogP contribution in [-0.4, -0.2) is 13.3 Å². The molecule has 0 aliphatic carbocycles. The molecule has 1 rings (SSSR count). The van der Waals surface area contributed by atoms with E-state index in [9.17, 15) is 0 Å². The van der Waals surface area contributed by atoms with E-state index in [0.29, 0.717) is 0 Å². The maximum Gasteiger partial charge on any atom is 0.0412 e. The molecule has 1 nitrogen and oxygen atoms in total. The zero-order valence-electron chi connectivity index (χ0n) is 6.92. The summed E-state index contributed by atoms with van der Waals surface area (Å²) in [7, 11) is 1.73. The number of rotatable bonds is 2. The summed E-state index contributed by atoms with van der Waals surface area (Å²) in [4.78, 5) is 3.92. The molecule has 0 spiro atoms. The summed E-state index contributed by atoms with van der Waals surface area (Å²) in [6, 6.07) is 5.63. The maximum absolute atomic E-state index is 5.81. The van der Waals surface area contributed by atoms with Crippen LogP contribution in [0.15, 0.2) is 29.8 Å². The summed E-state index contributed by atoms with van der Waals surface area (Å²) in [6.07, 6.45) is 3.55. The minimum atomic E-state index is 0.718. The SMILES string of the molecule is C=Cc1ccc(Cl)cc1/C=N/C. The molecular weight excluding hydrogens is 170 g/mol. The van der Waals surface area contributed by atoms with Crippen molar-refractivity contribution >= 4 is 23.9 Å². The molecule has 0 N–H and O–H groups in total. The summed E-state index contributed by atoms with van der Waals surface area (Å²) in [6.45, 7) is 3.70. The van der Waals surface area contributed by atoms with E-state index < -0.39 is 0 Å². The van der Waals surface area contributed by atoms with E-state index >= 15 is 0 Å². The van der Waals surface area contributed by atoms with Crippen LogP contribution >= 0.6 is 11.6 Å². The van der Waals surface area contributed by atoms with Crippen LogP contribution in [0.1, 0.15) is 11.1 Å².